The van der Waals surface area contributed by atoms with Gasteiger partial charge in [-0.1, -0.05) is 0 Å². The summed E-state index contributed by atoms with van der Waals surface area (Å²) in [5.41, 5.74) is 0. The van der Waals surface area contributed by atoms with E-state index in [2.05, 4.69) is 5.32 Å². The normalized spacial score (nSPS) is 8.22. The number of hydrogen-bond acceptors (Lipinski definition) is 2. The molecule has 1 N–H and O–H groups in total. The van der Waals surface area contributed by atoms with Gasteiger partial charge in [0.05, 0.1) is 0 Å². The summed E-state index contributed by atoms with van der Waals surface area (Å²) in [4.78, 5) is 0. The van der Waals surface area contributed by atoms with Crippen LogP contribution in [0.25, 0.3) is 0 Å². The first kappa shape index (κ1) is 8.37. The van der Waals surface area contributed by atoms with Gasteiger partial charge in [0.15, 0.2) is 5.88 Å². The molecule has 0 saturated carbocycles. The fourth-order valence-corrected chi connectivity index (χ4v) is 0.569. The lowest BCUT2D eigenvalue weighted by Crippen LogP contribution is -1.81. The standard InChI is InChI=1S/C6H9NO.ClH/c1-5-3-4-6(7-2)8-5;/h3-4,7H,1-2H3;1H. The lowest BCUT2D eigenvalue weighted by molar-refractivity contribution is 0.549. The van der Waals surface area contributed by atoms with Crippen molar-refractivity contribution in [2.75, 3.05) is 12.4 Å². The summed E-state index contributed by atoms with van der Waals surface area (Å²) in [5.74, 6) is 1.76. The van der Waals surface area contributed by atoms with Crippen molar-refractivity contribution in [3.8, 4) is 0 Å². The molecule has 52 valence electrons. The fraction of sp³-hybridized carbons (Fsp3) is 0.333. The van der Waals surface area contributed by atoms with Crippen LogP contribution < -0.4 is 5.32 Å². The van der Waals surface area contributed by atoms with Crippen molar-refractivity contribution in [3.63, 3.8) is 0 Å². The third-order valence-corrected chi connectivity index (χ3v) is 0.987. The molecule has 2 nitrogen and oxygen atoms in total. The van der Waals surface area contributed by atoms with Crippen molar-refractivity contribution < 1.29 is 4.42 Å². The molecule has 0 radical (unpaired) electrons. The number of rotatable bonds is 1. The van der Waals surface area contributed by atoms with Crippen LogP contribution in [0, 0.1) is 6.92 Å². The predicted octanol–water partition coefficient (Wildman–Crippen LogP) is 2.05. The molecule has 0 saturated heterocycles. The molecular formula is C6H10ClNO. The summed E-state index contributed by atoms with van der Waals surface area (Å²) < 4.78 is 5.12. The van der Waals surface area contributed by atoms with Gasteiger partial charge < -0.3 is 9.73 Å². The third kappa shape index (κ3) is 1.98. The monoisotopic (exact) mass is 147 g/mol. The Balaban J connectivity index is 0.000000640. The highest BCUT2D eigenvalue weighted by Gasteiger charge is 1.90. The molecule has 0 spiro atoms. The van der Waals surface area contributed by atoms with Gasteiger partial charge in [-0.2, -0.15) is 0 Å². The zero-order valence-corrected chi connectivity index (χ0v) is 6.29. The van der Waals surface area contributed by atoms with Crippen molar-refractivity contribution in [2.45, 2.75) is 6.92 Å². The highest BCUT2D eigenvalue weighted by molar-refractivity contribution is 5.85. The second kappa shape index (κ2) is 3.41. The summed E-state index contributed by atoms with van der Waals surface area (Å²) >= 11 is 0. The Bertz CT molecular complexity index is 173. The first-order valence-corrected chi connectivity index (χ1v) is 2.57. The van der Waals surface area contributed by atoms with Gasteiger partial charge in [0.25, 0.3) is 0 Å². The van der Waals surface area contributed by atoms with Crippen molar-refractivity contribution in [1.29, 1.82) is 0 Å². The van der Waals surface area contributed by atoms with Crippen LogP contribution in [0.2, 0.25) is 0 Å². The van der Waals surface area contributed by atoms with Gasteiger partial charge in [-0.05, 0) is 13.0 Å². The Labute approximate surface area is 60.7 Å². The number of halogens is 1. The molecule has 0 amide bonds. The van der Waals surface area contributed by atoms with Gasteiger partial charge >= 0.3 is 0 Å². The summed E-state index contributed by atoms with van der Waals surface area (Å²) in [5, 5.41) is 2.88. The highest BCUT2D eigenvalue weighted by Crippen LogP contribution is 2.09. The molecule has 0 aromatic carbocycles. The average Bonchev–Trinajstić information content (AvgIpc) is 2.14. The van der Waals surface area contributed by atoms with Crippen molar-refractivity contribution in [3.05, 3.63) is 17.9 Å². The molecule has 1 heterocycles. The zero-order chi connectivity index (χ0) is 5.98. The molecule has 0 unspecified atom stereocenters. The molecule has 1 aromatic rings. The van der Waals surface area contributed by atoms with Gasteiger partial charge in [-0.15, -0.1) is 12.4 Å². The molecule has 0 aliphatic heterocycles. The van der Waals surface area contributed by atoms with E-state index in [1.807, 2.05) is 26.1 Å². The number of furan rings is 1. The van der Waals surface area contributed by atoms with E-state index in [1.54, 1.807) is 0 Å². The highest BCUT2D eigenvalue weighted by atomic mass is 35.5. The van der Waals surface area contributed by atoms with E-state index in [9.17, 15) is 0 Å². The maximum Gasteiger partial charge on any atom is 0.192 e. The van der Waals surface area contributed by atoms with Gasteiger partial charge in [0.1, 0.15) is 5.76 Å². The van der Waals surface area contributed by atoms with E-state index in [-0.39, 0.29) is 12.4 Å². The molecule has 1 aromatic heterocycles. The average molecular weight is 148 g/mol. The van der Waals surface area contributed by atoms with Crippen LogP contribution in [0.3, 0.4) is 0 Å². The maximum absolute atomic E-state index is 5.12. The number of hydrogen-bond donors (Lipinski definition) is 1. The molecular weight excluding hydrogens is 138 g/mol. The fourth-order valence-electron chi connectivity index (χ4n) is 0.569. The molecule has 0 fully saturated rings. The van der Waals surface area contributed by atoms with Crippen LogP contribution in [-0.2, 0) is 0 Å². The second-order valence-corrected chi connectivity index (χ2v) is 1.66. The predicted molar refractivity (Wildman–Crippen MR) is 40.2 cm³/mol. The first-order chi connectivity index (χ1) is 3.83. The molecule has 9 heavy (non-hydrogen) atoms. The van der Waals surface area contributed by atoms with Gasteiger partial charge in [0.2, 0.25) is 0 Å². The van der Waals surface area contributed by atoms with E-state index < -0.39 is 0 Å². The van der Waals surface area contributed by atoms with Crippen LogP contribution in [0.4, 0.5) is 5.88 Å². The topological polar surface area (TPSA) is 25.2 Å². The minimum Gasteiger partial charge on any atom is -0.446 e. The van der Waals surface area contributed by atoms with Crippen molar-refractivity contribution in [2.24, 2.45) is 0 Å². The Morgan fingerprint density at radius 2 is 2.11 bits per heavy atom. The lowest BCUT2D eigenvalue weighted by atomic mass is 10.5. The summed E-state index contributed by atoms with van der Waals surface area (Å²) in [6.45, 7) is 1.92. The van der Waals surface area contributed by atoms with Crippen LogP contribution in [0.5, 0.6) is 0 Å². The maximum atomic E-state index is 5.12. The van der Waals surface area contributed by atoms with E-state index >= 15 is 0 Å². The van der Waals surface area contributed by atoms with Gasteiger partial charge in [-0.3, -0.25) is 0 Å². The van der Waals surface area contributed by atoms with Crippen LogP contribution >= 0.6 is 12.4 Å². The SMILES string of the molecule is CNc1ccc(C)o1.Cl. The summed E-state index contributed by atoms with van der Waals surface area (Å²) in [6.07, 6.45) is 0. The number of anilines is 1. The second-order valence-electron chi connectivity index (χ2n) is 1.66. The van der Waals surface area contributed by atoms with Crippen LogP contribution in [0.15, 0.2) is 16.5 Å². The van der Waals surface area contributed by atoms with E-state index in [1.165, 1.54) is 0 Å². The van der Waals surface area contributed by atoms with E-state index in [0.717, 1.165) is 11.6 Å². The minimum absolute atomic E-state index is 0. The summed E-state index contributed by atoms with van der Waals surface area (Å²) in [6, 6.07) is 3.82. The molecule has 0 aliphatic carbocycles. The Hall–Kier alpha value is -0.630. The quantitative estimate of drug-likeness (QED) is 0.658. The number of aryl methyl sites for hydroxylation is 1. The van der Waals surface area contributed by atoms with E-state index in [0.29, 0.717) is 0 Å². The molecule has 0 aliphatic rings. The Morgan fingerprint density at radius 1 is 1.44 bits per heavy atom. The first-order valence-electron chi connectivity index (χ1n) is 2.57. The summed E-state index contributed by atoms with van der Waals surface area (Å²) in [7, 11) is 1.83. The third-order valence-electron chi connectivity index (χ3n) is 0.987. The molecule has 3 heteroatoms. The largest absolute Gasteiger partial charge is 0.446 e. The molecule has 0 atom stereocenters. The molecule has 1 rings (SSSR count). The number of nitrogens with one attached hydrogen (secondary N) is 1. The lowest BCUT2D eigenvalue weighted by Gasteiger charge is -1.87. The Morgan fingerprint density at radius 3 is 2.33 bits per heavy atom. The van der Waals surface area contributed by atoms with E-state index in [4.69, 9.17) is 4.42 Å². The van der Waals surface area contributed by atoms with Crippen LogP contribution in [0.1, 0.15) is 5.76 Å². The van der Waals surface area contributed by atoms with Crippen molar-refractivity contribution >= 4 is 18.3 Å². The minimum atomic E-state index is 0. The Kier molecular flexibility index (Phi) is 3.17. The van der Waals surface area contributed by atoms with Crippen molar-refractivity contribution in [1.82, 2.24) is 0 Å². The smallest absolute Gasteiger partial charge is 0.192 e. The van der Waals surface area contributed by atoms with Crippen LogP contribution in [-0.4, -0.2) is 7.05 Å². The van der Waals surface area contributed by atoms with Gasteiger partial charge in [-0.25, -0.2) is 0 Å². The molecule has 0 bridgehead atoms. The van der Waals surface area contributed by atoms with Gasteiger partial charge in [0, 0.05) is 13.1 Å². The zero-order valence-electron chi connectivity index (χ0n) is 5.47.